The lowest BCUT2D eigenvalue weighted by Gasteiger charge is -2.04. The Labute approximate surface area is 160 Å². The van der Waals surface area contributed by atoms with Crippen molar-refractivity contribution in [2.45, 2.75) is 26.7 Å². The second-order valence-electron chi connectivity index (χ2n) is 5.99. The summed E-state index contributed by atoms with van der Waals surface area (Å²) in [6.45, 7) is 6.45. The van der Waals surface area contributed by atoms with Gasteiger partial charge in [0.2, 0.25) is 0 Å². The molecular weight excluding hydrogens is 340 g/mol. The van der Waals surface area contributed by atoms with Crippen LogP contribution in [0.3, 0.4) is 0 Å². The van der Waals surface area contributed by atoms with Crippen LogP contribution in [0.15, 0.2) is 66.7 Å². The first kappa shape index (κ1) is 21.9. The lowest BCUT2D eigenvalue weighted by molar-refractivity contribution is -0.137. The van der Waals surface area contributed by atoms with Crippen LogP contribution in [0.5, 0.6) is 0 Å². The van der Waals surface area contributed by atoms with E-state index < -0.39 is 5.97 Å². The number of hydrogen-bond donors (Lipinski definition) is 1. The van der Waals surface area contributed by atoms with Gasteiger partial charge >= 0.3 is 11.9 Å². The molecule has 4 heteroatoms. The highest BCUT2D eigenvalue weighted by Gasteiger charge is 1.97. The van der Waals surface area contributed by atoms with Gasteiger partial charge < -0.3 is 9.84 Å². The smallest absolute Gasteiger partial charge is 0.330 e. The summed E-state index contributed by atoms with van der Waals surface area (Å²) in [5, 5.41) is 8.43. The summed E-state index contributed by atoms with van der Waals surface area (Å²) in [7, 11) is 0. The molecule has 2 rings (SSSR count). The lowest BCUT2D eigenvalue weighted by Crippen LogP contribution is -1.98. The molecule has 27 heavy (non-hydrogen) atoms. The van der Waals surface area contributed by atoms with Gasteiger partial charge in [-0.15, -0.1) is 0 Å². The van der Waals surface area contributed by atoms with Gasteiger partial charge in [-0.05, 0) is 41.7 Å². The fourth-order valence-corrected chi connectivity index (χ4v) is 2.08. The minimum atomic E-state index is -0.919. The SMILES string of the molecule is CC(C)c1ccc(C=CC(=O)O)cc1.CCOC(=O)C=Cc1ccccc1. The summed E-state index contributed by atoms with van der Waals surface area (Å²) in [6, 6.07) is 17.5. The number of carboxylic acids is 1. The Hall–Kier alpha value is -3.14. The molecule has 0 heterocycles. The van der Waals surface area contributed by atoms with E-state index in [1.807, 2.05) is 54.6 Å². The first-order valence-corrected chi connectivity index (χ1v) is 8.83. The zero-order chi connectivity index (χ0) is 20.1. The molecule has 0 saturated heterocycles. The topological polar surface area (TPSA) is 63.6 Å². The average Bonchev–Trinajstić information content (AvgIpc) is 2.66. The quantitative estimate of drug-likeness (QED) is 0.566. The fraction of sp³-hybridized carbons (Fsp3) is 0.217. The van der Waals surface area contributed by atoms with Crippen LogP contribution < -0.4 is 0 Å². The van der Waals surface area contributed by atoms with Crippen molar-refractivity contribution in [2.24, 2.45) is 0 Å². The molecule has 0 saturated carbocycles. The number of carbonyl (C=O) groups is 2. The number of benzene rings is 2. The largest absolute Gasteiger partial charge is 0.478 e. The number of rotatable bonds is 6. The van der Waals surface area contributed by atoms with E-state index in [9.17, 15) is 9.59 Å². The number of esters is 1. The predicted octanol–water partition coefficient (Wildman–Crippen LogP) is 5.17. The molecule has 0 amide bonds. The summed E-state index contributed by atoms with van der Waals surface area (Å²) in [6.07, 6.45) is 5.90. The van der Waals surface area contributed by atoms with Crippen LogP contribution >= 0.6 is 0 Å². The van der Waals surface area contributed by atoms with E-state index in [4.69, 9.17) is 9.84 Å². The second-order valence-corrected chi connectivity index (χ2v) is 5.99. The third kappa shape index (κ3) is 9.80. The van der Waals surface area contributed by atoms with E-state index in [1.165, 1.54) is 11.6 Å². The maximum Gasteiger partial charge on any atom is 0.330 e. The third-order valence-corrected chi connectivity index (χ3v) is 3.52. The van der Waals surface area contributed by atoms with Crippen molar-refractivity contribution in [3.63, 3.8) is 0 Å². The zero-order valence-corrected chi connectivity index (χ0v) is 16.0. The number of carboxylic acid groups (broad SMARTS) is 1. The summed E-state index contributed by atoms with van der Waals surface area (Å²) < 4.78 is 4.74. The normalized spacial score (nSPS) is 10.7. The van der Waals surface area contributed by atoms with Crippen molar-refractivity contribution < 1.29 is 19.4 Å². The van der Waals surface area contributed by atoms with Gasteiger partial charge in [-0.3, -0.25) is 0 Å². The first-order chi connectivity index (χ1) is 12.9. The third-order valence-electron chi connectivity index (χ3n) is 3.52. The molecule has 0 bridgehead atoms. The van der Waals surface area contributed by atoms with E-state index in [2.05, 4.69) is 13.8 Å². The Balaban J connectivity index is 0.000000271. The van der Waals surface area contributed by atoms with Gasteiger partial charge in [0.1, 0.15) is 0 Å². The standard InChI is InChI=1S/C12H14O2.C11H12O2/c1-9(2)11-6-3-10(4-7-11)5-8-12(13)14;1-2-13-11(12)9-8-10-6-4-3-5-7-10/h3-9H,1-2H3,(H,13,14);3-9H,2H2,1H3. The molecule has 142 valence electrons. The van der Waals surface area contributed by atoms with Crippen LogP contribution in [0.2, 0.25) is 0 Å². The van der Waals surface area contributed by atoms with Crippen LogP contribution in [-0.2, 0) is 14.3 Å². The first-order valence-electron chi connectivity index (χ1n) is 8.83. The number of aliphatic carboxylic acids is 1. The molecule has 2 aromatic rings. The van der Waals surface area contributed by atoms with Gasteiger partial charge in [0.05, 0.1) is 6.61 Å². The predicted molar refractivity (Wildman–Crippen MR) is 109 cm³/mol. The van der Waals surface area contributed by atoms with Gasteiger partial charge in [-0.1, -0.05) is 68.4 Å². The maximum atomic E-state index is 10.9. The number of hydrogen-bond acceptors (Lipinski definition) is 3. The maximum absolute atomic E-state index is 10.9. The van der Waals surface area contributed by atoms with E-state index in [1.54, 1.807) is 19.1 Å². The summed E-state index contributed by atoms with van der Waals surface area (Å²) in [5.74, 6) is -0.711. The Kier molecular flexibility index (Phi) is 9.94. The van der Waals surface area contributed by atoms with E-state index in [0.29, 0.717) is 12.5 Å². The highest BCUT2D eigenvalue weighted by Crippen LogP contribution is 2.15. The van der Waals surface area contributed by atoms with Crippen LogP contribution in [0.1, 0.15) is 43.4 Å². The molecule has 0 aliphatic carbocycles. The molecule has 2 aromatic carbocycles. The van der Waals surface area contributed by atoms with E-state index in [-0.39, 0.29) is 5.97 Å². The summed E-state index contributed by atoms with van der Waals surface area (Å²) in [4.78, 5) is 21.2. The van der Waals surface area contributed by atoms with Crippen molar-refractivity contribution >= 4 is 24.1 Å². The number of carbonyl (C=O) groups excluding carboxylic acids is 1. The second kappa shape index (κ2) is 12.3. The molecule has 1 N–H and O–H groups in total. The van der Waals surface area contributed by atoms with E-state index >= 15 is 0 Å². The van der Waals surface area contributed by atoms with Crippen molar-refractivity contribution in [3.05, 3.63) is 83.4 Å². The molecule has 4 nitrogen and oxygen atoms in total. The Morgan fingerprint density at radius 3 is 2.00 bits per heavy atom. The minimum absolute atomic E-state index is 0.300. The van der Waals surface area contributed by atoms with Crippen molar-refractivity contribution in [2.75, 3.05) is 6.61 Å². The lowest BCUT2D eigenvalue weighted by atomic mass is 10.0. The molecule has 0 aliphatic rings. The Morgan fingerprint density at radius 2 is 1.48 bits per heavy atom. The Bertz CT molecular complexity index is 757. The molecule has 0 aliphatic heterocycles. The monoisotopic (exact) mass is 366 g/mol. The highest BCUT2D eigenvalue weighted by molar-refractivity contribution is 5.87. The van der Waals surface area contributed by atoms with Crippen LogP contribution in [-0.4, -0.2) is 23.7 Å². The average molecular weight is 366 g/mol. The molecule has 0 radical (unpaired) electrons. The van der Waals surface area contributed by atoms with Gasteiger partial charge in [0.25, 0.3) is 0 Å². The van der Waals surface area contributed by atoms with Crippen molar-refractivity contribution in [1.82, 2.24) is 0 Å². The molecule has 0 fully saturated rings. The summed E-state index contributed by atoms with van der Waals surface area (Å²) >= 11 is 0. The Morgan fingerprint density at radius 1 is 0.926 bits per heavy atom. The van der Waals surface area contributed by atoms with Crippen LogP contribution in [0.4, 0.5) is 0 Å². The molecule has 0 atom stereocenters. The van der Waals surface area contributed by atoms with Crippen molar-refractivity contribution in [1.29, 1.82) is 0 Å². The van der Waals surface area contributed by atoms with Gasteiger partial charge in [-0.2, -0.15) is 0 Å². The van der Waals surface area contributed by atoms with Crippen LogP contribution in [0, 0.1) is 0 Å². The van der Waals surface area contributed by atoms with Crippen LogP contribution in [0.25, 0.3) is 12.2 Å². The van der Waals surface area contributed by atoms with Gasteiger partial charge in [0.15, 0.2) is 0 Å². The van der Waals surface area contributed by atoms with E-state index in [0.717, 1.165) is 17.2 Å². The fourth-order valence-electron chi connectivity index (χ4n) is 2.08. The minimum Gasteiger partial charge on any atom is -0.478 e. The molecule has 0 spiro atoms. The molecule has 0 unspecified atom stereocenters. The molecule has 0 aromatic heterocycles. The van der Waals surface area contributed by atoms with Gasteiger partial charge in [-0.25, -0.2) is 9.59 Å². The van der Waals surface area contributed by atoms with Gasteiger partial charge in [0, 0.05) is 12.2 Å². The number of ether oxygens (including phenoxy) is 1. The molecular formula is C23H26O4. The summed E-state index contributed by atoms with van der Waals surface area (Å²) in [5.41, 5.74) is 3.17. The highest BCUT2D eigenvalue weighted by atomic mass is 16.5. The zero-order valence-electron chi connectivity index (χ0n) is 16.0. The van der Waals surface area contributed by atoms with Crippen molar-refractivity contribution in [3.8, 4) is 0 Å².